The van der Waals surface area contributed by atoms with Crippen molar-refractivity contribution in [3.05, 3.63) is 72.8 Å². The summed E-state index contributed by atoms with van der Waals surface area (Å²) in [6.45, 7) is 0. The van der Waals surface area contributed by atoms with Crippen LogP contribution in [-0.2, 0) is 6.42 Å². The van der Waals surface area contributed by atoms with Gasteiger partial charge in [-0.3, -0.25) is 20.2 Å². The molecule has 2 aromatic rings. The van der Waals surface area contributed by atoms with Gasteiger partial charge in [0.05, 0.1) is 22.0 Å². The van der Waals surface area contributed by atoms with Crippen LogP contribution in [0, 0.1) is 20.2 Å². The number of benzene rings is 2. The average Bonchev–Trinajstić information content (AvgIpc) is 2.92. The van der Waals surface area contributed by atoms with E-state index in [1.807, 2.05) is 18.2 Å². The molecule has 0 saturated heterocycles. The average molecular weight is 334 g/mol. The van der Waals surface area contributed by atoms with Crippen molar-refractivity contribution >= 4 is 28.7 Å². The monoisotopic (exact) mass is 333 g/mol. The first-order chi connectivity index (χ1) is 11.0. The third kappa shape index (κ3) is 2.83. The first kappa shape index (κ1) is 15.2. The van der Waals surface area contributed by atoms with E-state index in [2.05, 4.69) is 5.32 Å². The summed E-state index contributed by atoms with van der Waals surface area (Å²) in [5.41, 5.74) is 1.69. The molecule has 8 heteroatoms. The SMILES string of the molecule is O=[N+]([O-])c1ccc(N[C@H]2CCc3c(Cl)cccc32)c([N+](=O)[O-])c1. The number of anilines is 1. The van der Waals surface area contributed by atoms with E-state index in [0.717, 1.165) is 30.0 Å². The van der Waals surface area contributed by atoms with Crippen LogP contribution in [0.15, 0.2) is 36.4 Å². The maximum absolute atomic E-state index is 11.2. The summed E-state index contributed by atoms with van der Waals surface area (Å²) in [5, 5.41) is 25.8. The van der Waals surface area contributed by atoms with Crippen LogP contribution in [0.1, 0.15) is 23.6 Å². The van der Waals surface area contributed by atoms with Crippen LogP contribution in [0.4, 0.5) is 17.1 Å². The minimum absolute atomic E-state index is 0.108. The molecule has 23 heavy (non-hydrogen) atoms. The number of rotatable bonds is 4. The second-order valence-corrected chi connectivity index (χ2v) is 5.67. The van der Waals surface area contributed by atoms with Crippen LogP contribution in [0.3, 0.4) is 0 Å². The van der Waals surface area contributed by atoms with Crippen LogP contribution in [0.5, 0.6) is 0 Å². The van der Waals surface area contributed by atoms with Crippen molar-refractivity contribution in [3.8, 4) is 0 Å². The van der Waals surface area contributed by atoms with Gasteiger partial charge in [0.25, 0.3) is 11.4 Å². The van der Waals surface area contributed by atoms with E-state index in [1.165, 1.54) is 12.1 Å². The third-order valence-electron chi connectivity index (χ3n) is 3.93. The van der Waals surface area contributed by atoms with E-state index in [1.54, 1.807) is 0 Å². The number of hydrogen-bond donors (Lipinski definition) is 1. The lowest BCUT2D eigenvalue weighted by atomic mass is 10.1. The zero-order valence-corrected chi connectivity index (χ0v) is 12.6. The van der Waals surface area contributed by atoms with Crippen molar-refractivity contribution in [2.45, 2.75) is 18.9 Å². The number of nitrogens with zero attached hydrogens (tertiary/aromatic N) is 2. The predicted octanol–water partition coefficient (Wildman–Crippen LogP) is 4.26. The van der Waals surface area contributed by atoms with Gasteiger partial charge in [0, 0.05) is 11.1 Å². The Kier molecular flexibility index (Phi) is 3.87. The summed E-state index contributed by atoms with van der Waals surface area (Å²) in [7, 11) is 0. The van der Waals surface area contributed by atoms with Gasteiger partial charge in [0.2, 0.25) is 0 Å². The molecule has 0 saturated carbocycles. The molecule has 0 radical (unpaired) electrons. The highest BCUT2D eigenvalue weighted by Gasteiger charge is 2.27. The normalized spacial score (nSPS) is 16.0. The number of nitro groups is 2. The van der Waals surface area contributed by atoms with Crippen LogP contribution >= 0.6 is 11.6 Å². The molecule has 0 unspecified atom stereocenters. The Labute approximate surface area is 136 Å². The van der Waals surface area contributed by atoms with Gasteiger partial charge in [-0.2, -0.15) is 0 Å². The molecule has 1 atom stereocenters. The Balaban J connectivity index is 1.94. The van der Waals surface area contributed by atoms with Gasteiger partial charge in [-0.1, -0.05) is 23.7 Å². The summed E-state index contributed by atoms with van der Waals surface area (Å²) in [4.78, 5) is 20.7. The fraction of sp³-hybridized carbons (Fsp3) is 0.200. The molecule has 0 fully saturated rings. The Morgan fingerprint density at radius 2 is 1.91 bits per heavy atom. The highest BCUT2D eigenvalue weighted by molar-refractivity contribution is 6.31. The van der Waals surface area contributed by atoms with Crippen LogP contribution in [-0.4, -0.2) is 9.85 Å². The second kappa shape index (κ2) is 5.85. The molecule has 0 aliphatic heterocycles. The van der Waals surface area contributed by atoms with Gasteiger partial charge >= 0.3 is 0 Å². The molecule has 0 aromatic heterocycles. The lowest BCUT2D eigenvalue weighted by molar-refractivity contribution is -0.393. The standard InChI is InChI=1S/C15H12ClN3O4/c16-12-3-1-2-11-10(12)5-7-13(11)17-14-6-4-9(18(20)21)8-15(14)19(22)23/h1-4,6,8,13,17H,5,7H2/t13-/m0/s1. The van der Waals surface area contributed by atoms with Gasteiger partial charge in [-0.15, -0.1) is 0 Å². The summed E-state index contributed by atoms with van der Waals surface area (Å²) >= 11 is 6.16. The smallest absolute Gasteiger partial charge is 0.299 e. The lowest BCUT2D eigenvalue weighted by Gasteiger charge is -2.15. The number of non-ortho nitro benzene ring substituents is 1. The molecule has 0 bridgehead atoms. The van der Waals surface area contributed by atoms with E-state index in [4.69, 9.17) is 11.6 Å². The Hall–Kier alpha value is -2.67. The molecule has 1 N–H and O–H groups in total. The highest BCUT2D eigenvalue weighted by Crippen LogP contribution is 2.39. The molecular weight excluding hydrogens is 322 g/mol. The van der Waals surface area contributed by atoms with Crippen LogP contribution in [0.25, 0.3) is 0 Å². The van der Waals surface area contributed by atoms with Gasteiger partial charge < -0.3 is 5.32 Å². The zero-order chi connectivity index (χ0) is 16.6. The summed E-state index contributed by atoms with van der Waals surface area (Å²) in [6.07, 6.45) is 1.54. The van der Waals surface area contributed by atoms with E-state index in [9.17, 15) is 20.2 Å². The largest absolute Gasteiger partial charge is 0.373 e. The van der Waals surface area contributed by atoms with Crippen molar-refractivity contribution in [3.63, 3.8) is 0 Å². The van der Waals surface area contributed by atoms with E-state index in [0.29, 0.717) is 5.02 Å². The van der Waals surface area contributed by atoms with Crippen molar-refractivity contribution in [2.75, 3.05) is 5.32 Å². The molecule has 7 nitrogen and oxygen atoms in total. The summed E-state index contributed by atoms with van der Waals surface area (Å²) in [5.74, 6) is 0. The molecule has 0 heterocycles. The number of hydrogen-bond acceptors (Lipinski definition) is 5. The lowest BCUT2D eigenvalue weighted by Crippen LogP contribution is -2.09. The summed E-state index contributed by atoms with van der Waals surface area (Å²) < 4.78 is 0. The fourth-order valence-corrected chi connectivity index (χ4v) is 3.13. The minimum Gasteiger partial charge on any atom is -0.373 e. The van der Waals surface area contributed by atoms with Gasteiger partial charge in [0.15, 0.2) is 0 Å². The topological polar surface area (TPSA) is 98.3 Å². The zero-order valence-electron chi connectivity index (χ0n) is 11.9. The summed E-state index contributed by atoms with van der Waals surface area (Å²) in [6, 6.07) is 9.08. The van der Waals surface area contributed by atoms with E-state index < -0.39 is 9.85 Å². The molecule has 0 spiro atoms. The van der Waals surface area contributed by atoms with Crippen molar-refractivity contribution in [1.82, 2.24) is 0 Å². The van der Waals surface area contributed by atoms with Gasteiger partial charge in [-0.05, 0) is 36.1 Å². The van der Waals surface area contributed by atoms with Gasteiger partial charge in [-0.25, -0.2) is 0 Å². The first-order valence-corrected chi connectivity index (χ1v) is 7.32. The Bertz CT molecular complexity index is 809. The van der Waals surface area contributed by atoms with E-state index >= 15 is 0 Å². The van der Waals surface area contributed by atoms with Crippen molar-refractivity contribution in [1.29, 1.82) is 0 Å². The Morgan fingerprint density at radius 1 is 1.13 bits per heavy atom. The number of nitrogens with one attached hydrogen (secondary N) is 1. The molecule has 1 aliphatic rings. The predicted molar refractivity (Wildman–Crippen MR) is 85.9 cm³/mol. The fourth-order valence-electron chi connectivity index (χ4n) is 2.85. The molecule has 1 aliphatic carbocycles. The number of nitro benzene ring substituents is 2. The van der Waals surface area contributed by atoms with E-state index in [-0.39, 0.29) is 23.1 Å². The number of fused-ring (bicyclic) bond motifs is 1. The van der Waals surface area contributed by atoms with Crippen LogP contribution in [0.2, 0.25) is 5.02 Å². The van der Waals surface area contributed by atoms with Crippen LogP contribution < -0.4 is 5.32 Å². The minimum atomic E-state index is -0.651. The first-order valence-electron chi connectivity index (χ1n) is 6.94. The van der Waals surface area contributed by atoms with Crippen molar-refractivity contribution < 1.29 is 9.85 Å². The van der Waals surface area contributed by atoms with Crippen molar-refractivity contribution in [2.24, 2.45) is 0 Å². The highest BCUT2D eigenvalue weighted by atomic mass is 35.5. The second-order valence-electron chi connectivity index (χ2n) is 5.26. The molecule has 3 rings (SSSR count). The molecule has 0 amide bonds. The molecule has 118 valence electrons. The Morgan fingerprint density at radius 3 is 2.61 bits per heavy atom. The van der Waals surface area contributed by atoms with Gasteiger partial charge in [0.1, 0.15) is 5.69 Å². The third-order valence-corrected chi connectivity index (χ3v) is 4.29. The molecular formula is C15H12ClN3O4. The molecule has 2 aromatic carbocycles. The quantitative estimate of drug-likeness (QED) is 0.666. The maximum Gasteiger partial charge on any atom is 0.299 e. The number of halogens is 1. The maximum atomic E-state index is 11.2.